The maximum atomic E-state index is 5.45. The summed E-state index contributed by atoms with van der Waals surface area (Å²) < 4.78 is 15.6. The summed E-state index contributed by atoms with van der Waals surface area (Å²) in [5.74, 6) is 0. The first-order chi connectivity index (χ1) is 9.36. The van der Waals surface area contributed by atoms with Crippen molar-refractivity contribution in [3.63, 3.8) is 0 Å². The Kier molecular flexibility index (Phi) is 9.93. The number of ether oxygens (including phenoxy) is 3. The van der Waals surface area contributed by atoms with Gasteiger partial charge in [-0.25, -0.2) is 0 Å². The van der Waals surface area contributed by atoms with Crippen molar-refractivity contribution >= 4 is 11.3 Å². The molecule has 0 aliphatic carbocycles. The second-order valence-electron chi connectivity index (χ2n) is 4.12. The summed E-state index contributed by atoms with van der Waals surface area (Å²) in [6.07, 6.45) is 1.12. The fourth-order valence-electron chi connectivity index (χ4n) is 1.53. The van der Waals surface area contributed by atoms with Gasteiger partial charge in [-0.2, -0.15) is 0 Å². The lowest BCUT2D eigenvalue weighted by atomic mass is 10.3. The van der Waals surface area contributed by atoms with Crippen molar-refractivity contribution in [2.24, 2.45) is 0 Å². The summed E-state index contributed by atoms with van der Waals surface area (Å²) in [7, 11) is 1.67. The Morgan fingerprint density at radius 3 is 2.37 bits per heavy atom. The molecule has 110 valence electrons. The molecule has 0 aromatic carbocycles. The number of methoxy groups -OCH3 is 1. The summed E-state index contributed by atoms with van der Waals surface area (Å²) in [6.45, 7) is 7.26. The summed E-state index contributed by atoms with van der Waals surface area (Å²) in [5, 5.41) is 3.37. The lowest BCUT2D eigenvalue weighted by Crippen LogP contribution is -2.20. The van der Waals surface area contributed by atoms with Gasteiger partial charge in [0, 0.05) is 30.0 Å². The molecule has 0 bridgehead atoms. The molecule has 0 unspecified atom stereocenters. The largest absolute Gasteiger partial charge is 0.382 e. The zero-order valence-corrected chi connectivity index (χ0v) is 12.8. The molecular formula is C14H25NO3S. The van der Waals surface area contributed by atoms with Gasteiger partial charge in [-0.05, 0) is 18.6 Å². The van der Waals surface area contributed by atoms with Crippen molar-refractivity contribution in [1.29, 1.82) is 0 Å². The third kappa shape index (κ3) is 8.34. The molecule has 1 heterocycles. The van der Waals surface area contributed by atoms with Crippen LogP contribution in [0.25, 0.3) is 0 Å². The van der Waals surface area contributed by atoms with Gasteiger partial charge in [0.2, 0.25) is 0 Å². The highest BCUT2D eigenvalue weighted by molar-refractivity contribution is 7.11. The molecule has 5 heteroatoms. The fraction of sp³-hybridized carbons (Fsp3) is 0.714. The van der Waals surface area contributed by atoms with E-state index in [2.05, 4.69) is 24.4 Å². The Hall–Kier alpha value is -0.460. The average molecular weight is 287 g/mol. The molecule has 0 amide bonds. The van der Waals surface area contributed by atoms with E-state index in [9.17, 15) is 0 Å². The molecule has 0 aliphatic rings. The molecule has 0 fully saturated rings. The van der Waals surface area contributed by atoms with Gasteiger partial charge in [-0.1, -0.05) is 6.92 Å². The molecular weight excluding hydrogens is 262 g/mol. The van der Waals surface area contributed by atoms with Crippen LogP contribution >= 0.6 is 11.3 Å². The lowest BCUT2D eigenvalue weighted by Gasteiger charge is -2.06. The average Bonchev–Trinajstić information content (AvgIpc) is 2.89. The molecule has 0 saturated carbocycles. The van der Waals surface area contributed by atoms with E-state index in [4.69, 9.17) is 14.2 Å². The topological polar surface area (TPSA) is 39.7 Å². The third-order valence-electron chi connectivity index (χ3n) is 2.59. The molecule has 0 aliphatic heterocycles. The Labute approximate surface area is 120 Å². The zero-order chi connectivity index (χ0) is 13.8. The highest BCUT2D eigenvalue weighted by Crippen LogP contribution is 2.16. The SMILES string of the molecule is CCc1ccc(CNCCOCCOCCOC)s1. The minimum Gasteiger partial charge on any atom is -0.382 e. The van der Waals surface area contributed by atoms with Crippen LogP contribution in [0.15, 0.2) is 12.1 Å². The summed E-state index contributed by atoms with van der Waals surface area (Å²) in [4.78, 5) is 2.83. The predicted molar refractivity (Wildman–Crippen MR) is 78.9 cm³/mol. The van der Waals surface area contributed by atoms with E-state index in [1.807, 2.05) is 11.3 Å². The van der Waals surface area contributed by atoms with Gasteiger partial charge in [-0.3, -0.25) is 0 Å². The van der Waals surface area contributed by atoms with Gasteiger partial charge >= 0.3 is 0 Å². The number of hydrogen-bond acceptors (Lipinski definition) is 5. The second kappa shape index (κ2) is 11.4. The highest BCUT2D eigenvalue weighted by Gasteiger charge is 1.97. The van der Waals surface area contributed by atoms with Crippen LogP contribution < -0.4 is 5.32 Å². The fourth-order valence-corrected chi connectivity index (χ4v) is 2.46. The minimum atomic E-state index is 0.633. The Balaban J connectivity index is 1.86. The van der Waals surface area contributed by atoms with Gasteiger partial charge in [0.05, 0.1) is 33.0 Å². The number of nitrogens with one attached hydrogen (secondary N) is 1. The van der Waals surface area contributed by atoms with E-state index in [-0.39, 0.29) is 0 Å². The maximum Gasteiger partial charge on any atom is 0.0701 e. The van der Waals surface area contributed by atoms with Gasteiger partial charge in [-0.15, -0.1) is 11.3 Å². The number of thiophene rings is 1. The molecule has 0 spiro atoms. The molecule has 1 N–H and O–H groups in total. The van der Waals surface area contributed by atoms with E-state index in [1.54, 1.807) is 7.11 Å². The van der Waals surface area contributed by atoms with Gasteiger partial charge < -0.3 is 19.5 Å². The zero-order valence-electron chi connectivity index (χ0n) is 11.9. The summed E-state index contributed by atoms with van der Waals surface area (Å²) in [5.41, 5.74) is 0. The summed E-state index contributed by atoms with van der Waals surface area (Å²) in [6, 6.07) is 4.40. The van der Waals surface area contributed by atoms with Crippen LogP contribution in [0.1, 0.15) is 16.7 Å². The van der Waals surface area contributed by atoms with Crippen LogP contribution in [0.3, 0.4) is 0 Å². The molecule has 0 atom stereocenters. The maximum absolute atomic E-state index is 5.45. The Morgan fingerprint density at radius 2 is 1.68 bits per heavy atom. The van der Waals surface area contributed by atoms with Gasteiger partial charge in [0.15, 0.2) is 0 Å². The standard InChI is InChI=1S/C14H25NO3S/c1-3-13-4-5-14(19-13)12-15-6-7-17-10-11-18-9-8-16-2/h4-5,15H,3,6-12H2,1-2H3. The van der Waals surface area contributed by atoms with Crippen LogP contribution in [0.2, 0.25) is 0 Å². The van der Waals surface area contributed by atoms with Crippen molar-refractivity contribution in [2.45, 2.75) is 19.9 Å². The molecule has 4 nitrogen and oxygen atoms in total. The smallest absolute Gasteiger partial charge is 0.0701 e. The number of rotatable bonds is 12. The van der Waals surface area contributed by atoms with E-state index >= 15 is 0 Å². The molecule has 19 heavy (non-hydrogen) atoms. The van der Waals surface area contributed by atoms with E-state index in [0.29, 0.717) is 26.4 Å². The first-order valence-corrected chi connectivity index (χ1v) is 7.61. The summed E-state index contributed by atoms with van der Waals surface area (Å²) >= 11 is 1.88. The van der Waals surface area contributed by atoms with Gasteiger partial charge in [0.25, 0.3) is 0 Å². The van der Waals surface area contributed by atoms with E-state index in [0.717, 1.165) is 26.1 Å². The number of hydrogen-bond donors (Lipinski definition) is 1. The highest BCUT2D eigenvalue weighted by atomic mass is 32.1. The second-order valence-corrected chi connectivity index (χ2v) is 5.37. The normalized spacial score (nSPS) is 11.1. The molecule has 0 saturated heterocycles. The molecule has 1 rings (SSSR count). The first-order valence-electron chi connectivity index (χ1n) is 6.79. The van der Waals surface area contributed by atoms with Crippen LogP contribution in [0.5, 0.6) is 0 Å². The quantitative estimate of drug-likeness (QED) is 0.598. The predicted octanol–water partition coefficient (Wildman–Crippen LogP) is 2.08. The van der Waals surface area contributed by atoms with Crippen LogP contribution in [0.4, 0.5) is 0 Å². The van der Waals surface area contributed by atoms with Crippen molar-refractivity contribution in [3.05, 3.63) is 21.9 Å². The lowest BCUT2D eigenvalue weighted by molar-refractivity contribution is 0.0255. The van der Waals surface area contributed by atoms with Crippen molar-refractivity contribution < 1.29 is 14.2 Å². The van der Waals surface area contributed by atoms with Crippen LogP contribution in [-0.2, 0) is 27.2 Å². The third-order valence-corrected chi connectivity index (χ3v) is 3.82. The van der Waals surface area contributed by atoms with Crippen LogP contribution in [-0.4, -0.2) is 46.7 Å². The first kappa shape index (κ1) is 16.6. The van der Waals surface area contributed by atoms with Crippen molar-refractivity contribution in [1.82, 2.24) is 5.32 Å². The Morgan fingerprint density at radius 1 is 1.00 bits per heavy atom. The monoisotopic (exact) mass is 287 g/mol. The molecule has 1 aromatic heterocycles. The number of aryl methyl sites for hydroxylation is 1. The Bertz CT molecular complexity index is 317. The minimum absolute atomic E-state index is 0.633. The van der Waals surface area contributed by atoms with E-state index < -0.39 is 0 Å². The molecule has 1 aromatic rings. The van der Waals surface area contributed by atoms with Crippen LogP contribution in [0, 0.1) is 0 Å². The van der Waals surface area contributed by atoms with Crippen molar-refractivity contribution in [2.75, 3.05) is 46.7 Å². The van der Waals surface area contributed by atoms with Crippen molar-refractivity contribution in [3.8, 4) is 0 Å². The van der Waals surface area contributed by atoms with E-state index in [1.165, 1.54) is 9.75 Å². The van der Waals surface area contributed by atoms with Gasteiger partial charge in [0.1, 0.15) is 0 Å². The molecule has 0 radical (unpaired) electrons.